The van der Waals surface area contributed by atoms with Crippen LogP contribution in [0, 0.1) is 5.92 Å². The fourth-order valence-electron chi connectivity index (χ4n) is 1.72. The molecule has 1 aromatic heterocycles. The maximum Gasteiger partial charge on any atom is 1.00 e. The summed E-state index contributed by atoms with van der Waals surface area (Å²) in [6.07, 6.45) is 1.70. The van der Waals surface area contributed by atoms with Gasteiger partial charge in [-0.05, 0) is 0 Å². The molecular formula is C10H12ClN2NaOS. The molecule has 0 aromatic carbocycles. The van der Waals surface area contributed by atoms with E-state index in [1.54, 1.807) is 19.4 Å². The van der Waals surface area contributed by atoms with E-state index in [0.717, 1.165) is 25.5 Å². The predicted octanol–water partition coefficient (Wildman–Crippen LogP) is -1.27. The van der Waals surface area contributed by atoms with Crippen molar-refractivity contribution in [2.24, 2.45) is 5.92 Å². The van der Waals surface area contributed by atoms with Gasteiger partial charge in [0.25, 0.3) is 0 Å². The van der Waals surface area contributed by atoms with Gasteiger partial charge in [0, 0.05) is 32.3 Å². The summed E-state index contributed by atoms with van der Waals surface area (Å²) >= 11 is 11.2. The Balaban J connectivity index is 0.00000128. The van der Waals surface area contributed by atoms with E-state index in [9.17, 15) is 0 Å². The van der Waals surface area contributed by atoms with Gasteiger partial charge in [-0.25, -0.2) is 4.98 Å². The number of hydrogen-bond donors (Lipinski definition) is 0. The number of aromatic nitrogens is 1. The van der Waals surface area contributed by atoms with Crippen molar-refractivity contribution in [2.75, 3.05) is 31.7 Å². The van der Waals surface area contributed by atoms with Gasteiger partial charge in [0.05, 0.1) is 11.6 Å². The molecule has 0 amide bonds. The molecule has 1 aliphatic rings. The van der Waals surface area contributed by atoms with Gasteiger partial charge in [-0.2, -0.15) is 4.90 Å². The molecule has 1 saturated heterocycles. The Morgan fingerprint density at radius 3 is 2.94 bits per heavy atom. The van der Waals surface area contributed by atoms with Crippen LogP contribution < -0.4 is 34.5 Å². The Morgan fingerprint density at radius 1 is 1.62 bits per heavy atom. The van der Waals surface area contributed by atoms with E-state index in [-0.39, 0.29) is 29.6 Å². The van der Waals surface area contributed by atoms with Crippen molar-refractivity contribution in [3.8, 4) is 0 Å². The van der Waals surface area contributed by atoms with Crippen molar-refractivity contribution in [1.82, 2.24) is 4.98 Å². The van der Waals surface area contributed by atoms with Crippen LogP contribution in [-0.4, -0.2) is 31.8 Å². The number of pyridine rings is 1. The number of hydrogen-bond acceptors (Lipinski definition) is 4. The Morgan fingerprint density at radius 2 is 2.31 bits per heavy atom. The molecule has 16 heavy (non-hydrogen) atoms. The fraction of sp³-hybridized carbons (Fsp3) is 0.500. The van der Waals surface area contributed by atoms with Crippen molar-refractivity contribution in [3.05, 3.63) is 17.3 Å². The summed E-state index contributed by atoms with van der Waals surface area (Å²) < 4.78 is 5.08. The van der Waals surface area contributed by atoms with Crippen LogP contribution in [0.15, 0.2) is 17.2 Å². The fourth-order valence-corrected chi connectivity index (χ4v) is 2.10. The van der Waals surface area contributed by atoms with E-state index in [1.165, 1.54) is 0 Å². The number of ether oxygens (including phenoxy) is 1. The summed E-state index contributed by atoms with van der Waals surface area (Å²) in [5.41, 5.74) is 0. The second kappa shape index (κ2) is 6.38. The van der Waals surface area contributed by atoms with Crippen molar-refractivity contribution >= 4 is 30.0 Å². The third-order valence-corrected chi connectivity index (χ3v) is 3.32. The minimum atomic E-state index is 0. The van der Waals surface area contributed by atoms with Gasteiger partial charge in [-0.3, -0.25) is 0 Å². The van der Waals surface area contributed by atoms with Crippen LogP contribution >= 0.6 is 11.6 Å². The summed E-state index contributed by atoms with van der Waals surface area (Å²) in [5.74, 6) is 1.39. The maximum atomic E-state index is 6.09. The molecule has 6 heteroatoms. The van der Waals surface area contributed by atoms with E-state index in [0.29, 0.717) is 15.8 Å². The monoisotopic (exact) mass is 266 g/mol. The molecule has 0 radical (unpaired) electrons. The number of anilines is 1. The zero-order chi connectivity index (χ0) is 10.8. The Bertz CT molecular complexity index is 361. The van der Waals surface area contributed by atoms with Gasteiger partial charge >= 0.3 is 29.6 Å². The number of nitrogens with zero attached hydrogens (tertiary/aromatic N) is 2. The van der Waals surface area contributed by atoms with Crippen LogP contribution in [0.1, 0.15) is 0 Å². The van der Waals surface area contributed by atoms with Crippen molar-refractivity contribution in [1.29, 1.82) is 0 Å². The van der Waals surface area contributed by atoms with E-state index >= 15 is 0 Å². The first-order chi connectivity index (χ1) is 7.22. The molecule has 0 unspecified atom stereocenters. The standard InChI is InChI=1S/C10H13ClN2OS.Na/c1-14-6-7-4-13(5-7)10-9(11)8(15)2-3-12-10;/h2-3,7H,4-6H2,1H3,(H,12,15);/q;+1/p-1. The first kappa shape index (κ1) is 14.5. The van der Waals surface area contributed by atoms with Gasteiger partial charge in [0.1, 0.15) is 5.82 Å². The summed E-state index contributed by atoms with van der Waals surface area (Å²) in [6, 6.07) is 1.74. The third-order valence-electron chi connectivity index (χ3n) is 2.49. The summed E-state index contributed by atoms with van der Waals surface area (Å²) in [5, 5.41) is 0.586. The predicted molar refractivity (Wildman–Crippen MR) is 62.5 cm³/mol. The zero-order valence-corrected chi connectivity index (χ0v) is 13.0. The van der Waals surface area contributed by atoms with Gasteiger partial charge < -0.3 is 22.3 Å². The second-order valence-corrected chi connectivity index (χ2v) is 4.49. The van der Waals surface area contributed by atoms with Crippen LogP contribution in [0.25, 0.3) is 0 Å². The van der Waals surface area contributed by atoms with Gasteiger partial charge in [-0.1, -0.05) is 17.7 Å². The maximum absolute atomic E-state index is 6.09. The SMILES string of the molecule is COCC1CN(c2nccc([S-])c2Cl)C1.[Na+]. The number of rotatable bonds is 3. The molecule has 0 atom stereocenters. The summed E-state index contributed by atoms with van der Waals surface area (Å²) in [6.45, 7) is 2.68. The second-order valence-electron chi connectivity index (χ2n) is 3.67. The van der Waals surface area contributed by atoms with Gasteiger partial charge in [0.15, 0.2) is 0 Å². The van der Waals surface area contributed by atoms with Crippen LogP contribution in [-0.2, 0) is 17.4 Å². The third kappa shape index (κ3) is 3.00. The van der Waals surface area contributed by atoms with E-state index in [4.69, 9.17) is 29.0 Å². The smallest absolute Gasteiger partial charge is 0.778 e. The summed E-state index contributed by atoms with van der Waals surface area (Å²) in [7, 11) is 1.72. The van der Waals surface area contributed by atoms with Crippen molar-refractivity contribution in [3.63, 3.8) is 0 Å². The van der Waals surface area contributed by atoms with E-state index in [1.807, 2.05) is 0 Å². The zero-order valence-electron chi connectivity index (χ0n) is 9.44. The normalized spacial score (nSPS) is 15.5. The van der Waals surface area contributed by atoms with Crippen LogP contribution in [0.3, 0.4) is 0 Å². The minimum absolute atomic E-state index is 0. The first-order valence-electron chi connectivity index (χ1n) is 4.77. The number of methoxy groups -OCH3 is 1. The summed E-state index contributed by atoms with van der Waals surface area (Å²) in [4.78, 5) is 7.03. The van der Waals surface area contributed by atoms with E-state index in [2.05, 4.69) is 9.88 Å². The molecule has 3 nitrogen and oxygen atoms in total. The molecule has 2 heterocycles. The quantitative estimate of drug-likeness (QED) is 0.503. The Labute approximate surface area is 128 Å². The topological polar surface area (TPSA) is 25.4 Å². The Hall–Kier alpha value is 0.420. The van der Waals surface area contributed by atoms with Crippen LogP contribution in [0.5, 0.6) is 0 Å². The molecule has 0 aliphatic carbocycles. The molecule has 1 aromatic rings. The van der Waals surface area contributed by atoms with Crippen molar-refractivity contribution < 1.29 is 34.3 Å². The molecule has 2 rings (SSSR count). The van der Waals surface area contributed by atoms with Gasteiger partial charge in [0.2, 0.25) is 0 Å². The average molecular weight is 267 g/mol. The molecule has 0 N–H and O–H groups in total. The molecular weight excluding hydrogens is 255 g/mol. The van der Waals surface area contributed by atoms with Crippen molar-refractivity contribution in [2.45, 2.75) is 4.90 Å². The number of halogens is 1. The Kier molecular flexibility index (Phi) is 5.77. The first-order valence-corrected chi connectivity index (χ1v) is 5.56. The molecule has 1 aliphatic heterocycles. The minimum Gasteiger partial charge on any atom is -0.778 e. The van der Waals surface area contributed by atoms with E-state index < -0.39 is 0 Å². The average Bonchev–Trinajstić information content (AvgIpc) is 2.16. The van der Waals surface area contributed by atoms with Gasteiger partial charge in [-0.15, -0.1) is 0 Å². The largest absolute Gasteiger partial charge is 1.00 e. The van der Waals surface area contributed by atoms with Crippen LogP contribution in [0.2, 0.25) is 5.02 Å². The molecule has 0 bridgehead atoms. The molecule has 82 valence electrons. The molecule has 1 fully saturated rings. The van der Waals surface area contributed by atoms with Crippen LogP contribution in [0.4, 0.5) is 5.82 Å². The molecule has 0 spiro atoms. The molecule has 0 saturated carbocycles.